The number of hydrogen-bond acceptors (Lipinski definition) is 5. The van der Waals surface area contributed by atoms with Crippen LogP contribution in [0, 0.1) is 0 Å². The summed E-state index contributed by atoms with van der Waals surface area (Å²) in [6, 6.07) is 7.20. The van der Waals surface area contributed by atoms with Crippen LogP contribution in [0.3, 0.4) is 0 Å². The van der Waals surface area contributed by atoms with Gasteiger partial charge in [0, 0.05) is 5.69 Å². The Morgan fingerprint density at radius 1 is 1.26 bits per heavy atom. The summed E-state index contributed by atoms with van der Waals surface area (Å²) in [6.45, 7) is 2.23. The van der Waals surface area contributed by atoms with Crippen LogP contribution >= 0.6 is 34.5 Å². The Labute approximate surface area is 148 Å². The van der Waals surface area contributed by atoms with Crippen LogP contribution in [0.5, 0.6) is 0 Å². The van der Waals surface area contributed by atoms with E-state index in [0.29, 0.717) is 17.9 Å². The third-order valence-electron chi connectivity index (χ3n) is 2.73. The third-order valence-corrected chi connectivity index (χ3v) is 5.86. The number of halogens is 2. The highest BCUT2D eigenvalue weighted by Gasteiger charge is 2.21. The lowest BCUT2D eigenvalue weighted by molar-refractivity contribution is 0.0505. The minimum absolute atomic E-state index is 0.0828. The highest BCUT2D eigenvalue weighted by atomic mass is 35.5. The maximum absolute atomic E-state index is 12.3. The van der Waals surface area contributed by atoms with Crippen LogP contribution in [-0.4, -0.2) is 21.0 Å². The molecule has 5 nitrogen and oxygen atoms in total. The van der Waals surface area contributed by atoms with Crippen molar-refractivity contribution in [1.82, 2.24) is 0 Å². The van der Waals surface area contributed by atoms with Gasteiger partial charge in [0.2, 0.25) is 0 Å². The molecule has 124 valence electrons. The zero-order valence-corrected chi connectivity index (χ0v) is 15.2. The number of ether oxygens (including phenoxy) is 1. The van der Waals surface area contributed by atoms with Crippen molar-refractivity contribution >= 4 is 56.2 Å². The molecule has 1 N–H and O–H groups in total. The molecule has 23 heavy (non-hydrogen) atoms. The van der Waals surface area contributed by atoms with Gasteiger partial charge in [0.1, 0.15) is 9.23 Å². The number of nitrogens with one attached hydrogen (secondary N) is 1. The van der Waals surface area contributed by atoms with Crippen molar-refractivity contribution in [2.45, 2.75) is 18.2 Å². The molecule has 0 radical (unpaired) electrons. The molecule has 0 aliphatic heterocycles. The molecule has 0 atom stereocenters. The van der Waals surface area contributed by atoms with E-state index in [1.165, 1.54) is 30.3 Å². The standard InChI is InChI=1S/C14H13Cl2NO4S2/c1-2-7-21-14(18)9-3-5-10(6-4-9)17-23(19,20)11-8-12(15)22-13(11)16/h3-6,8,17H,2,7H2,1H3. The molecule has 0 spiro atoms. The van der Waals surface area contributed by atoms with E-state index < -0.39 is 16.0 Å². The van der Waals surface area contributed by atoms with Gasteiger partial charge >= 0.3 is 5.97 Å². The Hall–Kier alpha value is -1.28. The zero-order valence-electron chi connectivity index (χ0n) is 12.0. The molecule has 1 heterocycles. The second-order valence-electron chi connectivity index (χ2n) is 4.51. The van der Waals surface area contributed by atoms with Crippen LogP contribution in [0.2, 0.25) is 8.67 Å². The average Bonchev–Trinajstić information content (AvgIpc) is 2.85. The number of anilines is 1. The second kappa shape index (κ2) is 7.53. The fourth-order valence-electron chi connectivity index (χ4n) is 1.67. The molecule has 0 aliphatic rings. The lowest BCUT2D eigenvalue weighted by Crippen LogP contribution is -2.13. The maximum atomic E-state index is 12.3. The lowest BCUT2D eigenvalue weighted by Gasteiger charge is -2.08. The van der Waals surface area contributed by atoms with Crippen LogP contribution in [0.25, 0.3) is 0 Å². The highest BCUT2D eigenvalue weighted by molar-refractivity contribution is 7.93. The minimum Gasteiger partial charge on any atom is -0.462 e. The van der Waals surface area contributed by atoms with Crippen LogP contribution in [0.15, 0.2) is 35.2 Å². The summed E-state index contributed by atoms with van der Waals surface area (Å²) in [5.41, 5.74) is 0.647. The van der Waals surface area contributed by atoms with E-state index in [-0.39, 0.29) is 13.6 Å². The molecular weight excluding hydrogens is 381 g/mol. The van der Waals surface area contributed by atoms with Gasteiger partial charge in [-0.3, -0.25) is 4.72 Å². The topological polar surface area (TPSA) is 72.5 Å². The van der Waals surface area contributed by atoms with Gasteiger partial charge in [-0.15, -0.1) is 11.3 Å². The summed E-state index contributed by atoms with van der Waals surface area (Å²) in [5.74, 6) is -0.450. The first kappa shape index (κ1) is 18.1. The minimum atomic E-state index is -3.84. The summed E-state index contributed by atoms with van der Waals surface area (Å²) in [7, 11) is -3.84. The van der Waals surface area contributed by atoms with Crippen molar-refractivity contribution in [3.8, 4) is 0 Å². The molecule has 1 aromatic heterocycles. The number of thiophene rings is 1. The van der Waals surface area contributed by atoms with Crippen molar-refractivity contribution < 1.29 is 17.9 Å². The molecule has 0 saturated carbocycles. The summed E-state index contributed by atoms with van der Waals surface area (Å²) < 4.78 is 32.3. The van der Waals surface area contributed by atoms with Crippen LogP contribution in [-0.2, 0) is 14.8 Å². The molecule has 0 amide bonds. The molecule has 0 saturated heterocycles. The van der Waals surface area contributed by atoms with Gasteiger partial charge in [0.15, 0.2) is 0 Å². The SMILES string of the molecule is CCCOC(=O)c1ccc(NS(=O)(=O)c2cc(Cl)sc2Cl)cc1. The van der Waals surface area contributed by atoms with Gasteiger partial charge in [0.25, 0.3) is 10.0 Å². The van der Waals surface area contributed by atoms with Gasteiger partial charge in [0.05, 0.1) is 16.5 Å². The summed E-state index contributed by atoms with van der Waals surface area (Å²) in [5, 5.41) is 0. The van der Waals surface area contributed by atoms with Crippen LogP contribution in [0.1, 0.15) is 23.7 Å². The quantitative estimate of drug-likeness (QED) is 0.736. The number of carbonyl (C=O) groups excluding carboxylic acids is 1. The number of benzene rings is 1. The first-order chi connectivity index (χ1) is 10.8. The van der Waals surface area contributed by atoms with Gasteiger partial charge < -0.3 is 4.74 Å². The van der Waals surface area contributed by atoms with Gasteiger partial charge in [-0.05, 0) is 36.8 Å². The lowest BCUT2D eigenvalue weighted by atomic mass is 10.2. The zero-order chi connectivity index (χ0) is 17.0. The van der Waals surface area contributed by atoms with Crippen molar-refractivity contribution in [1.29, 1.82) is 0 Å². The molecular formula is C14H13Cl2NO4S2. The van der Waals surface area contributed by atoms with Crippen molar-refractivity contribution in [3.05, 3.63) is 44.6 Å². The molecule has 0 unspecified atom stereocenters. The van der Waals surface area contributed by atoms with E-state index in [2.05, 4.69) is 4.72 Å². The van der Waals surface area contributed by atoms with E-state index in [1.807, 2.05) is 6.92 Å². The van der Waals surface area contributed by atoms with E-state index >= 15 is 0 Å². The normalized spacial score (nSPS) is 11.3. The van der Waals surface area contributed by atoms with Crippen molar-refractivity contribution in [2.24, 2.45) is 0 Å². The number of carbonyl (C=O) groups is 1. The Morgan fingerprint density at radius 3 is 2.43 bits per heavy atom. The van der Waals surface area contributed by atoms with Crippen molar-refractivity contribution in [3.63, 3.8) is 0 Å². The third kappa shape index (κ3) is 4.60. The number of sulfonamides is 1. The van der Waals surface area contributed by atoms with Crippen LogP contribution in [0.4, 0.5) is 5.69 Å². The molecule has 1 aromatic carbocycles. The fraction of sp³-hybridized carbons (Fsp3) is 0.214. The van der Waals surface area contributed by atoms with Crippen LogP contribution < -0.4 is 4.72 Å². The second-order valence-corrected chi connectivity index (χ2v) is 8.44. The molecule has 0 aliphatic carbocycles. The van der Waals surface area contributed by atoms with Gasteiger partial charge in [-0.2, -0.15) is 0 Å². The number of hydrogen-bond donors (Lipinski definition) is 1. The summed E-state index contributed by atoms with van der Waals surface area (Å²) in [6.07, 6.45) is 0.730. The fourth-order valence-corrected chi connectivity index (χ4v) is 4.88. The molecule has 2 aromatic rings. The monoisotopic (exact) mass is 393 g/mol. The Balaban J connectivity index is 2.14. The largest absolute Gasteiger partial charge is 0.462 e. The van der Waals surface area contributed by atoms with E-state index in [4.69, 9.17) is 27.9 Å². The average molecular weight is 394 g/mol. The predicted octanol–water partition coefficient (Wildman–Crippen LogP) is 4.42. The number of esters is 1. The predicted molar refractivity (Wildman–Crippen MR) is 92.2 cm³/mol. The summed E-state index contributed by atoms with van der Waals surface area (Å²) >= 11 is 12.6. The maximum Gasteiger partial charge on any atom is 0.338 e. The summed E-state index contributed by atoms with van der Waals surface area (Å²) in [4.78, 5) is 11.6. The molecule has 2 rings (SSSR count). The smallest absolute Gasteiger partial charge is 0.338 e. The Kier molecular flexibility index (Phi) is 5.91. The van der Waals surface area contributed by atoms with E-state index in [9.17, 15) is 13.2 Å². The Bertz CT molecular complexity index is 801. The molecule has 0 bridgehead atoms. The number of rotatable bonds is 6. The van der Waals surface area contributed by atoms with Gasteiger partial charge in [-0.1, -0.05) is 30.1 Å². The molecule has 0 fully saturated rings. The first-order valence-electron chi connectivity index (χ1n) is 6.58. The van der Waals surface area contributed by atoms with E-state index in [0.717, 1.165) is 17.8 Å². The van der Waals surface area contributed by atoms with Gasteiger partial charge in [-0.25, -0.2) is 13.2 Å². The van der Waals surface area contributed by atoms with Crippen molar-refractivity contribution in [2.75, 3.05) is 11.3 Å². The first-order valence-corrected chi connectivity index (χ1v) is 9.64. The van der Waals surface area contributed by atoms with E-state index in [1.54, 1.807) is 0 Å². The molecule has 9 heteroatoms. The Morgan fingerprint density at radius 2 is 1.91 bits per heavy atom. The highest BCUT2D eigenvalue weighted by Crippen LogP contribution is 2.35.